The summed E-state index contributed by atoms with van der Waals surface area (Å²) in [5.41, 5.74) is 0. The van der Waals surface area contributed by atoms with Gasteiger partial charge in [0.2, 0.25) is 0 Å². The maximum atomic E-state index is 12.8. The van der Waals surface area contributed by atoms with E-state index in [2.05, 4.69) is 15.9 Å². The van der Waals surface area contributed by atoms with Gasteiger partial charge in [-0.2, -0.15) is 0 Å². The van der Waals surface area contributed by atoms with E-state index < -0.39 is 17.9 Å². The Morgan fingerprint density at radius 1 is 1.64 bits per heavy atom. The van der Waals surface area contributed by atoms with Crippen LogP contribution in [0.1, 0.15) is 6.92 Å². The quantitative estimate of drug-likeness (QED) is 0.910. The van der Waals surface area contributed by atoms with Gasteiger partial charge in [-0.25, -0.2) is 9.18 Å². The first-order chi connectivity index (χ1) is 6.50. The molecular weight excluding hydrogens is 255 g/mol. The van der Waals surface area contributed by atoms with Crippen LogP contribution >= 0.6 is 15.9 Å². The Morgan fingerprint density at radius 2 is 2.29 bits per heavy atom. The Hall–Kier alpha value is -1.10. The summed E-state index contributed by atoms with van der Waals surface area (Å²) in [6.45, 7) is 1.37. The van der Waals surface area contributed by atoms with Gasteiger partial charge in [-0.3, -0.25) is 0 Å². The number of carboxylic acid groups (broad SMARTS) is 1. The van der Waals surface area contributed by atoms with Crippen molar-refractivity contribution in [3.63, 3.8) is 0 Å². The van der Waals surface area contributed by atoms with Crippen molar-refractivity contribution in [2.45, 2.75) is 13.0 Å². The average molecular weight is 263 g/mol. The van der Waals surface area contributed by atoms with Crippen LogP contribution in [0.15, 0.2) is 22.7 Å². The molecule has 76 valence electrons. The zero-order valence-corrected chi connectivity index (χ0v) is 8.92. The van der Waals surface area contributed by atoms with Crippen LogP contribution in [-0.2, 0) is 4.79 Å². The highest BCUT2D eigenvalue weighted by Crippen LogP contribution is 2.26. The molecule has 0 radical (unpaired) electrons. The molecule has 0 aliphatic carbocycles. The summed E-state index contributed by atoms with van der Waals surface area (Å²) in [4.78, 5) is 10.5. The van der Waals surface area contributed by atoms with E-state index in [1.165, 1.54) is 19.1 Å². The molecule has 1 atom stereocenters. The minimum absolute atomic E-state index is 0.180. The van der Waals surface area contributed by atoms with Crippen molar-refractivity contribution in [1.29, 1.82) is 0 Å². The fourth-order valence-electron chi connectivity index (χ4n) is 0.808. The van der Waals surface area contributed by atoms with Crippen molar-refractivity contribution in [2.75, 3.05) is 0 Å². The summed E-state index contributed by atoms with van der Waals surface area (Å²) in [7, 11) is 0. The normalized spacial score (nSPS) is 12.2. The predicted molar refractivity (Wildman–Crippen MR) is 51.8 cm³/mol. The third-order valence-electron chi connectivity index (χ3n) is 1.54. The van der Waals surface area contributed by atoms with Crippen molar-refractivity contribution in [3.8, 4) is 5.75 Å². The van der Waals surface area contributed by atoms with Gasteiger partial charge in [0.25, 0.3) is 0 Å². The number of halogens is 2. The van der Waals surface area contributed by atoms with E-state index in [0.717, 1.165) is 6.07 Å². The molecule has 3 nitrogen and oxygen atoms in total. The lowest BCUT2D eigenvalue weighted by molar-refractivity contribution is -0.144. The predicted octanol–water partition coefficient (Wildman–Crippen LogP) is 2.44. The van der Waals surface area contributed by atoms with Crippen LogP contribution in [-0.4, -0.2) is 17.2 Å². The maximum absolute atomic E-state index is 12.8. The molecule has 1 N–H and O–H groups in total. The summed E-state index contributed by atoms with van der Waals surface area (Å²) in [6.07, 6.45) is -1.01. The van der Waals surface area contributed by atoms with Crippen LogP contribution in [0.2, 0.25) is 0 Å². The second-order valence-corrected chi connectivity index (χ2v) is 3.53. The Morgan fingerprint density at radius 3 is 2.86 bits per heavy atom. The van der Waals surface area contributed by atoms with Gasteiger partial charge in [0.05, 0.1) is 4.47 Å². The first-order valence-corrected chi connectivity index (χ1v) is 4.64. The molecule has 0 spiro atoms. The van der Waals surface area contributed by atoms with E-state index in [-0.39, 0.29) is 5.75 Å². The molecule has 1 rings (SSSR count). The van der Waals surface area contributed by atoms with Gasteiger partial charge < -0.3 is 9.84 Å². The van der Waals surface area contributed by atoms with Crippen LogP contribution < -0.4 is 4.74 Å². The number of aliphatic carboxylic acids is 1. The third-order valence-corrected chi connectivity index (χ3v) is 2.20. The fourth-order valence-corrected chi connectivity index (χ4v) is 1.15. The standard InChI is InChI=1S/C9H8BrFO3/c1-5(9(12)13)14-8-4-6(11)2-3-7(8)10/h2-5H,1H3,(H,12,13). The summed E-state index contributed by atoms with van der Waals surface area (Å²) in [5, 5.41) is 8.57. The monoisotopic (exact) mass is 262 g/mol. The zero-order chi connectivity index (χ0) is 10.7. The number of benzene rings is 1. The highest BCUT2D eigenvalue weighted by atomic mass is 79.9. The fraction of sp³-hybridized carbons (Fsp3) is 0.222. The number of hydrogen-bond acceptors (Lipinski definition) is 2. The van der Waals surface area contributed by atoms with Gasteiger partial charge in [0, 0.05) is 6.07 Å². The van der Waals surface area contributed by atoms with E-state index in [4.69, 9.17) is 9.84 Å². The largest absolute Gasteiger partial charge is 0.479 e. The van der Waals surface area contributed by atoms with E-state index in [1.807, 2.05) is 0 Å². The SMILES string of the molecule is CC(Oc1cc(F)ccc1Br)C(=O)O. The maximum Gasteiger partial charge on any atom is 0.344 e. The first kappa shape index (κ1) is 11.0. The second kappa shape index (κ2) is 4.41. The van der Waals surface area contributed by atoms with Gasteiger partial charge in [-0.15, -0.1) is 0 Å². The Bertz CT molecular complexity index is 354. The van der Waals surface area contributed by atoms with E-state index >= 15 is 0 Å². The molecule has 0 aliphatic heterocycles. The second-order valence-electron chi connectivity index (χ2n) is 2.67. The molecule has 0 heterocycles. The van der Waals surface area contributed by atoms with Gasteiger partial charge >= 0.3 is 5.97 Å². The van der Waals surface area contributed by atoms with Crippen molar-refractivity contribution < 1.29 is 19.0 Å². The molecule has 1 aromatic rings. The Labute approximate surface area is 88.6 Å². The molecule has 0 saturated carbocycles. The number of carboxylic acids is 1. The van der Waals surface area contributed by atoms with Crippen molar-refractivity contribution in [3.05, 3.63) is 28.5 Å². The molecule has 14 heavy (non-hydrogen) atoms. The van der Waals surface area contributed by atoms with Crippen LogP contribution in [0.3, 0.4) is 0 Å². The number of hydrogen-bond donors (Lipinski definition) is 1. The smallest absolute Gasteiger partial charge is 0.344 e. The van der Waals surface area contributed by atoms with E-state index in [9.17, 15) is 9.18 Å². The van der Waals surface area contributed by atoms with Crippen molar-refractivity contribution in [2.24, 2.45) is 0 Å². The van der Waals surface area contributed by atoms with Gasteiger partial charge in [-0.1, -0.05) is 0 Å². The summed E-state index contributed by atoms with van der Waals surface area (Å²) >= 11 is 3.12. The van der Waals surface area contributed by atoms with Gasteiger partial charge in [0.1, 0.15) is 11.6 Å². The molecule has 1 unspecified atom stereocenters. The molecule has 0 aromatic heterocycles. The van der Waals surface area contributed by atoms with Gasteiger partial charge in [-0.05, 0) is 35.0 Å². The van der Waals surface area contributed by atoms with Crippen molar-refractivity contribution >= 4 is 21.9 Å². The molecule has 0 saturated heterocycles. The lowest BCUT2D eigenvalue weighted by Crippen LogP contribution is -2.23. The summed E-state index contributed by atoms with van der Waals surface area (Å²) in [6, 6.07) is 3.84. The summed E-state index contributed by atoms with van der Waals surface area (Å²) < 4.78 is 18.3. The first-order valence-electron chi connectivity index (χ1n) is 3.85. The highest BCUT2D eigenvalue weighted by Gasteiger charge is 2.14. The molecule has 0 amide bonds. The van der Waals surface area contributed by atoms with E-state index in [1.54, 1.807) is 0 Å². The van der Waals surface area contributed by atoms with Crippen LogP contribution in [0.5, 0.6) is 5.75 Å². The van der Waals surface area contributed by atoms with E-state index in [0.29, 0.717) is 4.47 Å². The number of ether oxygens (including phenoxy) is 1. The zero-order valence-electron chi connectivity index (χ0n) is 7.33. The third kappa shape index (κ3) is 2.70. The highest BCUT2D eigenvalue weighted by molar-refractivity contribution is 9.10. The molecule has 0 fully saturated rings. The molecule has 5 heteroatoms. The van der Waals surface area contributed by atoms with Crippen LogP contribution in [0.25, 0.3) is 0 Å². The van der Waals surface area contributed by atoms with Crippen LogP contribution in [0, 0.1) is 5.82 Å². The Balaban J connectivity index is 2.85. The van der Waals surface area contributed by atoms with Crippen LogP contribution in [0.4, 0.5) is 4.39 Å². The minimum Gasteiger partial charge on any atom is -0.479 e. The topological polar surface area (TPSA) is 46.5 Å². The number of carbonyl (C=O) groups is 1. The number of rotatable bonds is 3. The molecule has 0 bridgehead atoms. The lowest BCUT2D eigenvalue weighted by Gasteiger charge is -2.11. The Kier molecular flexibility index (Phi) is 3.46. The minimum atomic E-state index is -1.10. The molecule has 1 aromatic carbocycles. The molecule has 0 aliphatic rings. The van der Waals surface area contributed by atoms with Gasteiger partial charge in [0.15, 0.2) is 6.10 Å². The molecular formula is C9H8BrFO3. The average Bonchev–Trinajstić information content (AvgIpc) is 2.11. The summed E-state index contributed by atoms with van der Waals surface area (Å²) in [5.74, 6) is -1.39. The lowest BCUT2D eigenvalue weighted by atomic mass is 10.3. The van der Waals surface area contributed by atoms with Crippen molar-refractivity contribution in [1.82, 2.24) is 0 Å².